The molecule has 6 heteroatoms. The Morgan fingerprint density at radius 2 is 0.933 bits per heavy atom. The summed E-state index contributed by atoms with van der Waals surface area (Å²) < 4.78 is 21.2. The Morgan fingerprint density at radius 3 is 1.27 bits per heavy atom. The van der Waals surface area contributed by atoms with Gasteiger partial charge in [0, 0.05) is 24.6 Å². The highest BCUT2D eigenvalue weighted by atomic mass is 16.5. The highest BCUT2D eigenvalue weighted by molar-refractivity contribution is 5.87. The zero-order chi connectivity index (χ0) is 21.3. The molecule has 0 bridgehead atoms. The molecule has 0 amide bonds. The van der Waals surface area contributed by atoms with Crippen molar-refractivity contribution in [3.05, 3.63) is 71.8 Å². The van der Waals surface area contributed by atoms with Gasteiger partial charge < -0.3 is 18.9 Å². The van der Waals surface area contributed by atoms with E-state index in [9.17, 15) is 0 Å². The van der Waals surface area contributed by atoms with Crippen molar-refractivity contribution in [2.45, 2.75) is 0 Å². The number of ether oxygens (including phenoxy) is 4. The Kier molecular flexibility index (Phi) is 7.05. The summed E-state index contributed by atoms with van der Waals surface area (Å²) in [5.41, 5.74) is 3.39. The van der Waals surface area contributed by atoms with Crippen LogP contribution in [-0.2, 0) is 0 Å². The summed E-state index contributed by atoms with van der Waals surface area (Å²) in [7, 11) is 6.46. The summed E-state index contributed by atoms with van der Waals surface area (Å²) >= 11 is 0. The lowest BCUT2D eigenvalue weighted by Crippen LogP contribution is -1.89. The number of rotatable bonds is 8. The number of hydrogen-bond donors (Lipinski definition) is 0. The first-order valence-electron chi connectivity index (χ1n) is 9.29. The van der Waals surface area contributed by atoms with Crippen molar-refractivity contribution < 1.29 is 18.9 Å². The second kappa shape index (κ2) is 10.1. The number of hydrogen-bond acceptors (Lipinski definition) is 6. The monoisotopic (exact) mass is 404 g/mol. The van der Waals surface area contributed by atoms with Crippen LogP contribution in [0.15, 0.2) is 70.6 Å². The van der Waals surface area contributed by atoms with Crippen molar-refractivity contribution in [2.75, 3.05) is 28.4 Å². The minimum absolute atomic E-state index is 0.655. The van der Waals surface area contributed by atoms with E-state index in [-0.39, 0.29) is 0 Å². The molecule has 3 rings (SSSR count). The molecule has 0 aromatic heterocycles. The van der Waals surface area contributed by atoms with Gasteiger partial charge in [-0.2, -0.15) is 0 Å². The standard InChI is InChI=1S/C24H24N2O4/c1-27-19-9-11-21(23(13-19)29-3)25-15-17-5-7-18(8-6-17)16-26-22-12-10-20(28-2)14-24(22)30-4/h5-16H,1-4H3. The Hall–Kier alpha value is -3.80. The van der Waals surface area contributed by atoms with Gasteiger partial charge in [-0.25, -0.2) is 0 Å². The van der Waals surface area contributed by atoms with E-state index in [4.69, 9.17) is 18.9 Å². The first-order chi connectivity index (χ1) is 14.7. The van der Waals surface area contributed by atoms with Crippen molar-refractivity contribution in [2.24, 2.45) is 9.98 Å². The summed E-state index contributed by atoms with van der Waals surface area (Å²) in [5, 5.41) is 0. The fourth-order valence-electron chi connectivity index (χ4n) is 2.74. The van der Waals surface area contributed by atoms with Gasteiger partial charge in [0.2, 0.25) is 0 Å². The predicted molar refractivity (Wildman–Crippen MR) is 120 cm³/mol. The quantitative estimate of drug-likeness (QED) is 0.483. The average molecular weight is 404 g/mol. The van der Waals surface area contributed by atoms with Gasteiger partial charge in [-0.05, 0) is 35.4 Å². The topological polar surface area (TPSA) is 61.6 Å². The fraction of sp³-hybridized carbons (Fsp3) is 0.167. The molecule has 0 atom stereocenters. The van der Waals surface area contributed by atoms with Crippen LogP contribution in [0.1, 0.15) is 11.1 Å². The molecule has 3 aromatic rings. The largest absolute Gasteiger partial charge is 0.497 e. The molecule has 0 heterocycles. The molecular formula is C24H24N2O4. The van der Waals surface area contributed by atoms with Gasteiger partial charge in [0.25, 0.3) is 0 Å². The number of benzene rings is 3. The summed E-state index contributed by atoms with van der Waals surface area (Å²) in [6.07, 6.45) is 3.58. The van der Waals surface area contributed by atoms with Gasteiger partial charge in [0.05, 0.1) is 28.4 Å². The molecule has 0 unspecified atom stereocenters. The molecule has 154 valence electrons. The van der Waals surface area contributed by atoms with E-state index in [1.54, 1.807) is 53.0 Å². The third kappa shape index (κ3) is 5.17. The molecule has 3 aromatic carbocycles. The third-order valence-corrected chi connectivity index (χ3v) is 4.42. The molecule has 0 spiro atoms. The van der Waals surface area contributed by atoms with Gasteiger partial charge in [-0.3, -0.25) is 9.98 Å². The van der Waals surface area contributed by atoms with E-state index >= 15 is 0 Å². The van der Waals surface area contributed by atoms with E-state index in [0.717, 1.165) is 34.0 Å². The molecular weight excluding hydrogens is 380 g/mol. The second-order valence-corrected chi connectivity index (χ2v) is 6.26. The maximum absolute atomic E-state index is 5.37. The number of aliphatic imine (C=N–C) groups is 2. The molecule has 6 nitrogen and oxygen atoms in total. The summed E-state index contributed by atoms with van der Waals surface area (Å²) in [6.45, 7) is 0. The summed E-state index contributed by atoms with van der Waals surface area (Å²) in [4.78, 5) is 9.03. The zero-order valence-corrected chi connectivity index (χ0v) is 17.5. The Labute approximate surface area is 176 Å². The average Bonchev–Trinajstić information content (AvgIpc) is 2.81. The molecule has 0 radical (unpaired) electrons. The first kappa shape index (κ1) is 20.9. The van der Waals surface area contributed by atoms with Crippen molar-refractivity contribution in [3.63, 3.8) is 0 Å². The molecule has 0 fully saturated rings. The van der Waals surface area contributed by atoms with E-state index in [1.807, 2.05) is 48.5 Å². The minimum atomic E-state index is 0.655. The Balaban J connectivity index is 1.73. The predicted octanol–water partition coefficient (Wildman–Crippen LogP) is 5.22. The van der Waals surface area contributed by atoms with Gasteiger partial charge in [-0.15, -0.1) is 0 Å². The van der Waals surface area contributed by atoms with E-state index < -0.39 is 0 Å². The normalized spacial score (nSPS) is 11.1. The van der Waals surface area contributed by atoms with Gasteiger partial charge in [-0.1, -0.05) is 24.3 Å². The van der Waals surface area contributed by atoms with Crippen LogP contribution in [0.2, 0.25) is 0 Å². The van der Waals surface area contributed by atoms with Crippen molar-refractivity contribution in [1.29, 1.82) is 0 Å². The van der Waals surface area contributed by atoms with Gasteiger partial charge in [0.1, 0.15) is 34.4 Å². The Morgan fingerprint density at radius 1 is 0.533 bits per heavy atom. The molecule has 0 aliphatic carbocycles. The maximum Gasteiger partial charge on any atom is 0.148 e. The number of methoxy groups -OCH3 is 4. The second-order valence-electron chi connectivity index (χ2n) is 6.26. The van der Waals surface area contributed by atoms with Crippen LogP contribution in [0.3, 0.4) is 0 Å². The molecule has 0 N–H and O–H groups in total. The smallest absolute Gasteiger partial charge is 0.148 e. The van der Waals surface area contributed by atoms with Crippen LogP contribution in [0.5, 0.6) is 23.0 Å². The number of nitrogens with zero attached hydrogens (tertiary/aromatic N) is 2. The maximum atomic E-state index is 5.37. The highest BCUT2D eigenvalue weighted by Gasteiger charge is 2.04. The molecule has 0 aliphatic rings. The van der Waals surface area contributed by atoms with Crippen molar-refractivity contribution >= 4 is 23.8 Å². The van der Waals surface area contributed by atoms with Crippen molar-refractivity contribution in [1.82, 2.24) is 0 Å². The van der Waals surface area contributed by atoms with Gasteiger partial charge in [0.15, 0.2) is 0 Å². The highest BCUT2D eigenvalue weighted by Crippen LogP contribution is 2.32. The third-order valence-electron chi connectivity index (χ3n) is 4.42. The lowest BCUT2D eigenvalue weighted by molar-refractivity contribution is 0.395. The lowest BCUT2D eigenvalue weighted by atomic mass is 10.1. The van der Waals surface area contributed by atoms with E-state index in [1.165, 1.54) is 0 Å². The van der Waals surface area contributed by atoms with Crippen LogP contribution < -0.4 is 18.9 Å². The zero-order valence-electron chi connectivity index (χ0n) is 17.5. The van der Waals surface area contributed by atoms with Crippen LogP contribution in [0, 0.1) is 0 Å². The first-order valence-corrected chi connectivity index (χ1v) is 9.29. The molecule has 0 saturated heterocycles. The van der Waals surface area contributed by atoms with E-state index in [0.29, 0.717) is 11.5 Å². The fourth-order valence-corrected chi connectivity index (χ4v) is 2.74. The molecule has 0 saturated carbocycles. The molecule has 0 aliphatic heterocycles. The Bertz CT molecular complexity index is 959. The van der Waals surface area contributed by atoms with Gasteiger partial charge >= 0.3 is 0 Å². The van der Waals surface area contributed by atoms with Crippen LogP contribution >= 0.6 is 0 Å². The van der Waals surface area contributed by atoms with Crippen LogP contribution in [0.4, 0.5) is 11.4 Å². The molecule has 30 heavy (non-hydrogen) atoms. The SMILES string of the molecule is COc1ccc(N=Cc2ccc(C=Nc3ccc(OC)cc3OC)cc2)c(OC)c1. The minimum Gasteiger partial charge on any atom is -0.497 e. The van der Waals surface area contributed by atoms with Crippen LogP contribution in [-0.4, -0.2) is 40.9 Å². The van der Waals surface area contributed by atoms with E-state index in [2.05, 4.69) is 9.98 Å². The van der Waals surface area contributed by atoms with Crippen molar-refractivity contribution in [3.8, 4) is 23.0 Å². The summed E-state index contributed by atoms with van der Waals surface area (Å²) in [6, 6.07) is 18.9. The lowest BCUT2D eigenvalue weighted by Gasteiger charge is -2.07. The summed E-state index contributed by atoms with van der Waals surface area (Å²) in [5.74, 6) is 2.76. The van der Waals surface area contributed by atoms with Crippen LogP contribution in [0.25, 0.3) is 0 Å².